The minimum atomic E-state index is -0.582. The van der Waals surface area contributed by atoms with Gasteiger partial charge in [0.15, 0.2) is 0 Å². The second kappa shape index (κ2) is 9.52. The molecule has 0 unspecified atom stereocenters. The molecule has 0 heterocycles. The van der Waals surface area contributed by atoms with E-state index in [-0.39, 0.29) is 32.6 Å². The molecule has 0 fully saturated rings. The molecule has 0 atom stereocenters. The van der Waals surface area contributed by atoms with Gasteiger partial charge in [-0.1, -0.05) is 30.3 Å². The van der Waals surface area contributed by atoms with Crippen LogP contribution >= 0.6 is 0 Å². The predicted octanol–water partition coefficient (Wildman–Crippen LogP) is 1.19. The van der Waals surface area contributed by atoms with Crippen LogP contribution in [0.2, 0.25) is 0 Å². The normalized spacial score (nSPS) is 9.76. The fourth-order valence-corrected chi connectivity index (χ4v) is 1.52. The average molecular weight is 293 g/mol. The molecular weight excluding hydrogens is 274 g/mol. The summed E-state index contributed by atoms with van der Waals surface area (Å²) in [5.41, 5.74) is 0.900. The highest BCUT2D eigenvalue weighted by Gasteiger charge is 2.10. The first-order valence-electron chi connectivity index (χ1n) is 6.73. The fourth-order valence-electron chi connectivity index (χ4n) is 1.52. The Bertz CT molecular complexity index is 472. The maximum absolute atomic E-state index is 11.5. The van der Waals surface area contributed by atoms with E-state index in [1.54, 1.807) is 6.92 Å². The number of benzene rings is 1. The van der Waals surface area contributed by atoms with Gasteiger partial charge in [0.1, 0.15) is 13.0 Å². The Morgan fingerprint density at radius 1 is 1.05 bits per heavy atom. The van der Waals surface area contributed by atoms with Crippen LogP contribution in [0.3, 0.4) is 0 Å². The molecular formula is C15H19NO5. The van der Waals surface area contributed by atoms with Gasteiger partial charge in [0, 0.05) is 6.54 Å². The van der Waals surface area contributed by atoms with Crippen molar-refractivity contribution in [2.75, 3.05) is 13.2 Å². The average Bonchev–Trinajstić information content (AvgIpc) is 2.46. The summed E-state index contributed by atoms with van der Waals surface area (Å²) in [5.74, 6) is -1.46. The first-order chi connectivity index (χ1) is 10.1. The number of esters is 2. The van der Waals surface area contributed by atoms with Crippen molar-refractivity contribution in [3.8, 4) is 0 Å². The summed E-state index contributed by atoms with van der Waals surface area (Å²) in [5, 5.41) is 2.46. The SMILES string of the molecule is CCOC(=O)CC(=O)NCCC(=O)OCc1ccccc1. The molecule has 1 rings (SSSR count). The number of carbonyl (C=O) groups excluding carboxylic acids is 3. The topological polar surface area (TPSA) is 81.7 Å². The molecule has 0 aliphatic rings. The quantitative estimate of drug-likeness (QED) is 0.575. The molecule has 0 saturated heterocycles. The number of carbonyl (C=O) groups is 3. The van der Waals surface area contributed by atoms with Crippen LogP contribution in [0.15, 0.2) is 30.3 Å². The molecule has 6 nitrogen and oxygen atoms in total. The first kappa shape index (κ1) is 16.7. The highest BCUT2D eigenvalue weighted by Crippen LogP contribution is 2.01. The molecule has 1 amide bonds. The Morgan fingerprint density at radius 2 is 1.76 bits per heavy atom. The molecule has 21 heavy (non-hydrogen) atoms. The number of nitrogens with one attached hydrogen (secondary N) is 1. The third kappa shape index (κ3) is 7.71. The summed E-state index contributed by atoms with van der Waals surface area (Å²) >= 11 is 0. The van der Waals surface area contributed by atoms with E-state index in [2.05, 4.69) is 10.1 Å². The fraction of sp³-hybridized carbons (Fsp3) is 0.400. The lowest BCUT2D eigenvalue weighted by molar-refractivity contribution is -0.145. The molecule has 0 aliphatic heterocycles. The molecule has 0 bridgehead atoms. The Labute approximate surface area is 123 Å². The number of amides is 1. The highest BCUT2D eigenvalue weighted by molar-refractivity contribution is 5.94. The Balaban J connectivity index is 2.13. The number of hydrogen-bond acceptors (Lipinski definition) is 5. The largest absolute Gasteiger partial charge is 0.466 e. The lowest BCUT2D eigenvalue weighted by Gasteiger charge is -2.06. The lowest BCUT2D eigenvalue weighted by Crippen LogP contribution is -2.28. The molecule has 6 heteroatoms. The van der Waals surface area contributed by atoms with Crippen LogP contribution in [0.4, 0.5) is 0 Å². The van der Waals surface area contributed by atoms with Crippen LogP contribution in [-0.4, -0.2) is 31.0 Å². The predicted molar refractivity (Wildman–Crippen MR) is 75.1 cm³/mol. The van der Waals surface area contributed by atoms with E-state index in [0.29, 0.717) is 0 Å². The lowest BCUT2D eigenvalue weighted by atomic mass is 10.2. The van der Waals surface area contributed by atoms with Crippen LogP contribution < -0.4 is 5.32 Å². The van der Waals surface area contributed by atoms with Crippen LogP contribution in [0, 0.1) is 0 Å². The van der Waals surface area contributed by atoms with Crippen LogP contribution in [-0.2, 0) is 30.5 Å². The van der Waals surface area contributed by atoms with Gasteiger partial charge in [-0.2, -0.15) is 0 Å². The van der Waals surface area contributed by atoms with Gasteiger partial charge in [-0.15, -0.1) is 0 Å². The van der Waals surface area contributed by atoms with Crippen LogP contribution in [0.1, 0.15) is 25.3 Å². The van der Waals surface area contributed by atoms with Gasteiger partial charge in [0.05, 0.1) is 13.0 Å². The van der Waals surface area contributed by atoms with E-state index in [1.807, 2.05) is 30.3 Å². The summed E-state index contributed by atoms with van der Waals surface area (Å²) in [7, 11) is 0. The molecule has 1 N–H and O–H groups in total. The maximum atomic E-state index is 11.5. The van der Waals surface area contributed by atoms with Crippen molar-refractivity contribution < 1.29 is 23.9 Å². The number of hydrogen-bond donors (Lipinski definition) is 1. The second-order valence-corrected chi connectivity index (χ2v) is 4.23. The Kier molecular flexibility index (Phi) is 7.56. The Morgan fingerprint density at radius 3 is 2.43 bits per heavy atom. The van der Waals surface area contributed by atoms with Gasteiger partial charge in [-0.3, -0.25) is 14.4 Å². The highest BCUT2D eigenvalue weighted by atomic mass is 16.5. The van der Waals surface area contributed by atoms with E-state index in [0.717, 1.165) is 5.56 Å². The molecule has 0 spiro atoms. The molecule has 0 aliphatic carbocycles. The van der Waals surface area contributed by atoms with Gasteiger partial charge >= 0.3 is 11.9 Å². The third-order valence-corrected chi connectivity index (χ3v) is 2.50. The summed E-state index contributed by atoms with van der Waals surface area (Å²) in [6.07, 6.45) is -0.283. The molecule has 0 aromatic heterocycles. The minimum Gasteiger partial charge on any atom is -0.466 e. The van der Waals surface area contributed by atoms with E-state index < -0.39 is 17.8 Å². The van der Waals surface area contributed by atoms with Gasteiger partial charge in [-0.25, -0.2) is 0 Å². The molecule has 0 radical (unpaired) electrons. The van der Waals surface area contributed by atoms with Crippen LogP contribution in [0.5, 0.6) is 0 Å². The number of ether oxygens (including phenoxy) is 2. The molecule has 1 aromatic carbocycles. The van der Waals surface area contributed by atoms with Gasteiger partial charge < -0.3 is 14.8 Å². The van der Waals surface area contributed by atoms with Crippen molar-refractivity contribution in [1.29, 1.82) is 0 Å². The Hall–Kier alpha value is -2.37. The summed E-state index contributed by atoms with van der Waals surface area (Å²) in [6, 6.07) is 9.31. The van der Waals surface area contributed by atoms with Gasteiger partial charge in [-0.05, 0) is 12.5 Å². The van der Waals surface area contributed by atoms with E-state index in [1.165, 1.54) is 0 Å². The van der Waals surface area contributed by atoms with Crippen molar-refractivity contribution in [2.24, 2.45) is 0 Å². The molecule has 1 aromatic rings. The maximum Gasteiger partial charge on any atom is 0.315 e. The minimum absolute atomic E-state index is 0.0569. The monoisotopic (exact) mass is 293 g/mol. The van der Waals surface area contributed by atoms with Crippen molar-refractivity contribution in [2.45, 2.75) is 26.4 Å². The van der Waals surface area contributed by atoms with Gasteiger partial charge in [0.2, 0.25) is 5.91 Å². The van der Waals surface area contributed by atoms with Crippen molar-refractivity contribution in [3.63, 3.8) is 0 Å². The summed E-state index contributed by atoms with van der Waals surface area (Å²) in [6.45, 7) is 2.23. The second-order valence-electron chi connectivity index (χ2n) is 4.23. The molecule has 114 valence electrons. The van der Waals surface area contributed by atoms with Gasteiger partial charge in [0.25, 0.3) is 0 Å². The third-order valence-electron chi connectivity index (χ3n) is 2.50. The number of rotatable bonds is 8. The summed E-state index contributed by atoms with van der Waals surface area (Å²) < 4.78 is 9.68. The standard InChI is InChI=1S/C15H19NO5/c1-2-20-15(19)10-13(17)16-9-8-14(18)21-11-12-6-4-3-5-7-12/h3-7H,2,8-11H2,1H3,(H,16,17). The van der Waals surface area contributed by atoms with E-state index >= 15 is 0 Å². The van der Waals surface area contributed by atoms with E-state index in [9.17, 15) is 14.4 Å². The van der Waals surface area contributed by atoms with Crippen LogP contribution in [0.25, 0.3) is 0 Å². The zero-order chi connectivity index (χ0) is 15.5. The van der Waals surface area contributed by atoms with Crippen molar-refractivity contribution in [1.82, 2.24) is 5.32 Å². The summed E-state index contributed by atoms with van der Waals surface area (Å²) in [4.78, 5) is 33.8. The van der Waals surface area contributed by atoms with E-state index in [4.69, 9.17) is 4.74 Å². The van der Waals surface area contributed by atoms with Crippen molar-refractivity contribution in [3.05, 3.63) is 35.9 Å². The first-order valence-corrected chi connectivity index (χ1v) is 6.73. The molecule has 0 saturated carbocycles. The zero-order valence-corrected chi connectivity index (χ0v) is 12.0. The zero-order valence-electron chi connectivity index (χ0n) is 12.0. The van der Waals surface area contributed by atoms with Crippen molar-refractivity contribution >= 4 is 17.8 Å². The smallest absolute Gasteiger partial charge is 0.315 e.